The maximum atomic E-state index is 11.8. The van der Waals surface area contributed by atoms with Gasteiger partial charge in [0, 0.05) is 19.3 Å². The summed E-state index contributed by atoms with van der Waals surface area (Å²) in [6, 6.07) is 0. The van der Waals surface area contributed by atoms with Crippen LogP contribution < -0.4 is 10.5 Å². The summed E-state index contributed by atoms with van der Waals surface area (Å²) in [5, 5.41) is 6.09. The third-order valence-corrected chi connectivity index (χ3v) is 5.06. The van der Waals surface area contributed by atoms with Gasteiger partial charge < -0.3 is 10.6 Å². The Morgan fingerprint density at radius 1 is 1.57 bits per heavy atom. The van der Waals surface area contributed by atoms with Crippen molar-refractivity contribution in [1.29, 1.82) is 0 Å². The third-order valence-electron chi connectivity index (χ3n) is 3.63. The molecule has 0 aromatic carbocycles. The van der Waals surface area contributed by atoms with E-state index in [2.05, 4.69) is 19.8 Å². The van der Waals surface area contributed by atoms with Crippen LogP contribution in [0.25, 0.3) is 0 Å². The first kappa shape index (κ1) is 15.9. The molecule has 1 atom stereocenters. The fourth-order valence-electron chi connectivity index (χ4n) is 2.47. The molecule has 0 saturated carbocycles. The molecule has 1 amide bonds. The molecule has 1 saturated heterocycles. The summed E-state index contributed by atoms with van der Waals surface area (Å²) in [7, 11) is -3.48. The number of aromatic nitrogens is 2. The first-order chi connectivity index (χ1) is 9.99. The number of aromatic amines is 1. The highest BCUT2D eigenvalue weighted by atomic mass is 32.2. The summed E-state index contributed by atoms with van der Waals surface area (Å²) in [5.74, 6) is -0.332. The predicted molar refractivity (Wildman–Crippen MR) is 76.8 cm³/mol. The predicted octanol–water partition coefficient (Wildman–Crippen LogP) is -0.725. The van der Waals surface area contributed by atoms with Crippen molar-refractivity contribution in [3.63, 3.8) is 0 Å². The molecule has 118 valence electrons. The van der Waals surface area contributed by atoms with Gasteiger partial charge in [0.25, 0.3) is 0 Å². The Morgan fingerprint density at radius 3 is 3.05 bits per heavy atom. The van der Waals surface area contributed by atoms with Crippen LogP contribution in [0.1, 0.15) is 19.3 Å². The fourth-order valence-corrected chi connectivity index (χ4v) is 3.45. The second-order valence-corrected chi connectivity index (χ2v) is 6.99. The number of sulfonamides is 1. The van der Waals surface area contributed by atoms with Crippen LogP contribution in [-0.2, 0) is 14.8 Å². The van der Waals surface area contributed by atoms with Gasteiger partial charge in [0.05, 0.1) is 12.1 Å². The number of amides is 1. The summed E-state index contributed by atoms with van der Waals surface area (Å²) < 4.78 is 26.2. The van der Waals surface area contributed by atoms with E-state index in [1.54, 1.807) is 0 Å². The van der Waals surface area contributed by atoms with Gasteiger partial charge in [0.1, 0.15) is 4.90 Å². The zero-order chi connectivity index (χ0) is 15.3. The average Bonchev–Trinajstić information content (AvgIpc) is 2.99. The van der Waals surface area contributed by atoms with E-state index in [4.69, 9.17) is 5.73 Å². The lowest BCUT2D eigenvalue weighted by Crippen LogP contribution is -2.42. The van der Waals surface area contributed by atoms with Crippen molar-refractivity contribution in [2.24, 2.45) is 11.7 Å². The minimum absolute atomic E-state index is 0.0821. The Morgan fingerprint density at radius 2 is 2.38 bits per heavy atom. The van der Waals surface area contributed by atoms with E-state index in [1.165, 1.54) is 12.4 Å². The van der Waals surface area contributed by atoms with Gasteiger partial charge in [0.15, 0.2) is 0 Å². The normalized spacial score (nSPS) is 20.5. The fraction of sp³-hybridized carbons (Fsp3) is 0.667. The van der Waals surface area contributed by atoms with Gasteiger partial charge in [-0.25, -0.2) is 13.1 Å². The Labute approximate surface area is 124 Å². The third kappa shape index (κ3) is 4.51. The summed E-state index contributed by atoms with van der Waals surface area (Å²) in [4.78, 5) is 13.5. The van der Waals surface area contributed by atoms with Crippen molar-refractivity contribution < 1.29 is 13.2 Å². The van der Waals surface area contributed by atoms with Crippen LogP contribution in [-0.4, -0.2) is 55.6 Å². The molecule has 1 unspecified atom stereocenters. The van der Waals surface area contributed by atoms with E-state index < -0.39 is 10.0 Å². The monoisotopic (exact) mass is 315 g/mol. The maximum Gasteiger partial charge on any atom is 0.243 e. The number of hydrogen-bond acceptors (Lipinski definition) is 5. The number of primary amides is 1. The second-order valence-electron chi connectivity index (χ2n) is 5.23. The first-order valence-corrected chi connectivity index (χ1v) is 8.47. The van der Waals surface area contributed by atoms with E-state index in [9.17, 15) is 13.2 Å². The number of piperidine rings is 1. The van der Waals surface area contributed by atoms with Crippen LogP contribution in [0, 0.1) is 5.92 Å². The second kappa shape index (κ2) is 7.01. The molecule has 1 aromatic rings. The van der Waals surface area contributed by atoms with E-state index in [1.807, 2.05) is 0 Å². The van der Waals surface area contributed by atoms with E-state index in [0.29, 0.717) is 19.5 Å². The van der Waals surface area contributed by atoms with Gasteiger partial charge >= 0.3 is 0 Å². The highest BCUT2D eigenvalue weighted by molar-refractivity contribution is 7.89. The number of H-pyrrole nitrogens is 1. The topological polar surface area (TPSA) is 121 Å². The summed E-state index contributed by atoms with van der Waals surface area (Å²) >= 11 is 0. The van der Waals surface area contributed by atoms with Crippen molar-refractivity contribution in [3.05, 3.63) is 12.4 Å². The number of hydrogen-bond donors (Lipinski definition) is 3. The molecule has 21 heavy (non-hydrogen) atoms. The summed E-state index contributed by atoms with van der Waals surface area (Å²) in [5.41, 5.74) is 5.33. The van der Waals surface area contributed by atoms with Crippen LogP contribution in [0.3, 0.4) is 0 Å². The molecule has 2 heterocycles. The molecule has 0 spiro atoms. The van der Waals surface area contributed by atoms with Crippen molar-refractivity contribution in [1.82, 2.24) is 19.8 Å². The molecule has 4 N–H and O–H groups in total. The zero-order valence-electron chi connectivity index (χ0n) is 11.8. The molecule has 1 aliphatic heterocycles. The number of nitrogens with zero attached hydrogens (tertiary/aromatic N) is 2. The van der Waals surface area contributed by atoms with Crippen molar-refractivity contribution in [3.8, 4) is 0 Å². The first-order valence-electron chi connectivity index (χ1n) is 6.99. The maximum absolute atomic E-state index is 11.8. The lowest BCUT2D eigenvalue weighted by molar-refractivity contribution is -0.123. The van der Waals surface area contributed by atoms with Crippen molar-refractivity contribution in [2.75, 3.05) is 26.2 Å². The van der Waals surface area contributed by atoms with Gasteiger partial charge in [-0.1, -0.05) is 0 Å². The number of carbonyl (C=O) groups is 1. The summed E-state index contributed by atoms with van der Waals surface area (Å²) in [6.45, 7) is 2.70. The molecule has 0 aliphatic carbocycles. The molecular weight excluding hydrogens is 294 g/mol. The largest absolute Gasteiger partial charge is 0.369 e. The lowest BCUT2D eigenvalue weighted by Gasteiger charge is -2.31. The minimum atomic E-state index is -3.48. The number of nitrogens with two attached hydrogens (primary N) is 1. The Balaban J connectivity index is 1.71. The highest BCUT2D eigenvalue weighted by Crippen LogP contribution is 2.15. The molecular formula is C12H21N5O3S. The summed E-state index contributed by atoms with van der Waals surface area (Å²) in [6.07, 6.45) is 5.09. The molecule has 8 nitrogen and oxygen atoms in total. The van der Waals surface area contributed by atoms with Crippen molar-refractivity contribution >= 4 is 15.9 Å². The van der Waals surface area contributed by atoms with Gasteiger partial charge in [0.2, 0.25) is 15.9 Å². The van der Waals surface area contributed by atoms with E-state index in [-0.39, 0.29) is 16.7 Å². The molecule has 2 rings (SSSR count). The highest BCUT2D eigenvalue weighted by Gasteiger charge is 2.23. The average molecular weight is 315 g/mol. The standard InChI is InChI=1S/C12H21N5O3S/c13-12(18)10-3-1-5-17(9-10)6-2-4-16-21(19,20)11-7-14-15-8-11/h7-8,10,16H,1-6,9H2,(H2,13,18)(H,14,15). The number of likely N-dealkylation sites (tertiary alicyclic amines) is 1. The van der Waals surface area contributed by atoms with E-state index >= 15 is 0 Å². The Bertz CT molecular complexity index is 557. The van der Waals surface area contributed by atoms with Crippen molar-refractivity contribution in [2.45, 2.75) is 24.2 Å². The van der Waals surface area contributed by atoms with Crippen LogP contribution >= 0.6 is 0 Å². The molecule has 0 bridgehead atoms. The smallest absolute Gasteiger partial charge is 0.243 e. The number of rotatable bonds is 7. The molecule has 1 aliphatic rings. The van der Waals surface area contributed by atoms with Crippen LogP contribution in [0.15, 0.2) is 17.3 Å². The Kier molecular flexibility index (Phi) is 5.32. The minimum Gasteiger partial charge on any atom is -0.369 e. The molecule has 1 aromatic heterocycles. The molecule has 9 heteroatoms. The van der Waals surface area contributed by atoms with Crippen LogP contribution in [0.2, 0.25) is 0 Å². The van der Waals surface area contributed by atoms with Crippen LogP contribution in [0.5, 0.6) is 0 Å². The van der Waals surface area contributed by atoms with Gasteiger partial charge in [-0.2, -0.15) is 5.10 Å². The zero-order valence-corrected chi connectivity index (χ0v) is 12.6. The van der Waals surface area contributed by atoms with Crippen LogP contribution in [0.4, 0.5) is 0 Å². The van der Waals surface area contributed by atoms with Gasteiger partial charge in [-0.05, 0) is 32.4 Å². The number of carbonyl (C=O) groups excluding carboxylic acids is 1. The van der Waals surface area contributed by atoms with E-state index in [0.717, 1.165) is 25.9 Å². The Hall–Kier alpha value is -1.45. The molecule has 0 radical (unpaired) electrons. The van der Waals surface area contributed by atoms with Gasteiger partial charge in [-0.3, -0.25) is 9.89 Å². The molecule has 1 fully saturated rings. The lowest BCUT2D eigenvalue weighted by atomic mass is 9.97. The number of nitrogens with one attached hydrogen (secondary N) is 2. The van der Waals surface area contributed by atoms with Gasteiger partial charge in [-0.15, -0.1) is 0 Å². The SMILES string of the molecule is NC(=O)C1CCCN(CCCNS(=O)(=O)c2cn[nH]c2)C1. The quantitative estimate of drug-likeness (QED) is 0.573.